The van der Waals surface area contributed by atoms with Crippen LogP contribution in [0.25, 0.3) is 0 Å². The minimum atomic E-state index is 0.283. The molecule has 28 heavy (non-hydrogen) atoms. The monoisotopic (exact) mass is 383 g/mol. The molecule has 1 aliphatic heterocycles. The van der Waals surface area contributed by atoms with Crippen LogP contribution in [0.1, 0.15) is 63.2 Å². The molecule has 0 bridgehead atoms. The maximum atomic E-state index is 5.33. The molecule has 0 saturated carbocycles. The molecule has 0 aliphatic carbocycles. The summed E-state index contributed by atoms with van der Waals surface area (Å²) in [5, 5.41) is 7.47. The molecule has 1 aromatic heterocycles. The molecule has 0 amide bonds. The zero-order chi connectivity index (χ0) is 19.9. The molecule has 0 radical (unpaired) electrons. The van der Waals surface area contributed by atoms with E-state index >= 15 is 0 Å². The first-order valence-corrected chi connectivity index (χ1v) is 10.5. The van der Waals surface area contributed by atoms with Gasteiger partial charge in [-0.25, -0.2) is 0 Å². The van der Waals surface area contributed by atoms with Crippen molar-refractivity contribution >= 4 is 5.96 Å². The molecule has 2 heterocycles. The Kier molecular flexibility index (Phi) is 7.06. The summed E-state index contributed by atoms with van der Waals surface area (Å²) in [4.78, 5) is 11.7. The van der Waals surface area contributed by atoms with Crippen LogP contribution in [0.3, 0.4) is 0 Å². The summed E-state index contributed by atoms with van der Waals surface area (Å²) in [6, 6.07) is 10.9. The number of nitrogens with zero attached hydrogens (tertiary/aromatic N) is 4. The maximum absolute atomic E-state index is 5.33. The minimum absolute atomic E-state index is 0.283. The van der Waals surface area contributed by atoms with E-state index in [2.05, 4.69) is 78.4 Å². The van der Waals surface area contributed by atoms with Crippen molar-refractivity contribution in [1.29, 1.82) is 0 Å². The van der Waals surface area contributed by atoms with Crippen LogP contribution >= 0.6 is 0 Å². The Hall–Kier alpha value is -2.37. The molecule has 1 saturated heterocycles. The van der Waals surface area contributed by atoms with Crippen molar-refractivity contribution in [1.82, 2.24) is 20.4 Å². The fourth-order valence-electron chi connectivity index (χ4n) is 3.82. The summed E-state index contributed by atoms with van der Waals surface area (Å²) in [5.74, 6) is 3.91. The Bertz CT molecular complexity index is 755. The highest BCUT2D eigenvalue weighted by Gasteiger charge is 2.28. The predicted octanol–water partition coefficient (Wildman–Crippen LogP) is 3.83. The number of aromatic nitrogens is 2. The van der Waals surface area contributed by atoms with Crippen LogP contribution in [0.5, 0.6) is 0 Å². The molecule has 1 fully saturated rings. The Morgan fingerprint density at radius 2 is 2.11 bits per heavy atom. The van der Waals surface area contributed by atoms with Crippen LogP contribution in [-0.2, 0) is 6.42 Å². The Morgan fingerprint density at radius 1 is 1.32 bits per heavy atom. The van der Waals surface area contributed by atoms with Gasteiger partial charge in [0.2, 0.25) is 5.89 Å². The number of nitrogens with one attached hydrogen (secondary N) is 1. The molecular formula is C22H33N5O. The van der Waals surface area contributed by atoms with Crippen molar-refractivity contribution in [2.75, 3.05) is 26.2 Å². The summed E-state index contributed by atoms with van der Waals surface area (Å²) in [6.07, 6.45) is 1.82. The van der Waals surface area contributed by atoms with Gasteiger partial charge in [-0.15, -0.1) is 0 Å². The summed E-state index contributed by atoms with van der Waals surface area (Å²) in [7, 11) is 0. The van der Waals surface area contributed by atoms with E-state index in [1.54, 1.807) is 0 Å². The van der Waals surface area contributed by atoms with Gasteiger partial charge in [0.1, 0.15) is 0 Å². The lowest BCUT2D eigenvalue weighted by Crippen LogP contribution is -2.48. The normalized spacial score (nSPS) is 20.6. The van der Waals surface area contributed by atoms with Crippen LogP contribution in [0, 0.1) is 5.92 Å². The lowest BCUT2D eigenvalue weighted by atomic mass is 9.82. The number of hydrogen-bond acceptors (Lipinski definition) is 4. The molecule has 152 valence electrons. The van der Waals surface area contributed by atoms with Crippen molar-refractivity contribution in [3.05, 3.63) is 47.6 Å². The van der Waals surface area contributed by atoms with E-state index in [-0.39, 0.29) is 5.92 Å². The summed E-state index contributed by atoms with van der Waals surface area (Å²) in [6.45, 7) is 12.1. The molecule has 2 atom stereocenters. The van der Waals surface area contributed by atoms with Gasteiger partial charge in [0.05, 0.1) is 6.54 Å². The second-order valence-corrected chi connectivity index (χ2v) is 7.92. The third-order valence-electron chi connectivity index (χ3n) is 5.35. The molecule has 1 aliphatic rings. The molecule has 2 unspecified atom stereocenters. The van der Waals surface area contributed by atoms with Gasteiger partial charge in [-0.2, -0.15) is 4.98 Å². The first kappa shape index (κ1) is 20.4. The summed E-state index contributed by atoms with van der Waals surface area (Å²) >= 11 is 0. The lowest BCUT2D eigenvalue weighted by molar-refractivity contribution is 0.234. The SMILES string of the molecule is CCNC(=NCCc1nc(C(C)C)no1)N1CCC(c2ccccc2)C(C)C1. The Morgan fingerprint density at radius 3 is 2.75 bits per heavy atom. The number of likely N-dealkylation sites (tertiary alicyclic amines) is 1. The Balaban J connectivity index is 1.59. The third kappa shape index (κ3) is 5.12. The maximum Gasteiger partial charge on any atom is 0.228 e. The number of rotatable bonds is 6. The van der Waals surface area contributed by atoms with Crippen LogP contribution in [0.4, 0.5) is 0 Å². The summed E-state index contributed by atoms with van der Waals surface area (Å²) < 4.78 is 5.33. The largest absolute Gasteiger partial charge is 0.357 e. The quantitative estimate of drug-likeness (QED) is 0.607. The van der Waals surface area contributed by atoms with E-state index in [1.807, 2.05) is 0 Å². The number of aliphatic imine (C=N–C) groups is 1. The van der Waals surface area contributed by atoms with Crippen molar-refractivity contribution in [3.8, 4) is 0 Å². The number of benzene rings is 1. The van der Waals surface area contributed by atoms with Crippen LogP contribution < -0.4 is 5.32 Å². The smallest absolute Gasteiger partial charge is 0.228 e. The van der Waals surface area contributed by atoms with Crippen molar-refractivity contribution in [2.45, 2.75) is 52.4 Å². The van der Waals surface area contributed by atoms with E-state index < -0.39 is 0 Å². The highest BCUT2D eigenvalue weighted by molar-refractivity contribution is 5.80. The van der Waals surface area contributed by atoms with E-state index in [0.29, 0.717) is 30.7 Å². The van der Waals surface area contributed by atoms with E-state index in [4.69, 9.17) is 9.52 Å². The molecule has 1 N–H and O–H groups in total. The van der Waals surface area contributed by atoms with E-state index in [9.17, 15) is 0 Å². The first-order valence-electron chi connectivity index (χ1n) is 10.5. The fraction of sp³-hybridized carbons (Fsp3) is 0.591. The highest BCUT2D eigenvalue weighted by atomic mass is 16.5. The van der Waals surface area contributed by atoms with Crippen LogP contribution in [-0.4, -0.2) is 47.2 Å². The average Bonchev–Trinajstić information content (AvgIpc) is 3.17. The average molecular weight is 384 g/mol. The van der Waals surface area contributed by atoms with Gasteiger partial charge in [0.25, 0.3) is 0 Å². The zero-order valence-electron chi connectivity index (χ0n) is 17.6. The number of piperidine rings is 1. The van der Waals surface area contributed by atoms with Gasteiger partial charge < -0.3 is 14.7 Å². The zero-order valence-corrected chi connectivity index (χ0v) is 17.6. The van der Waals surface area contributed by atoms with Gasteiger partial charge in [-0.3, -0.25) is 4.99 Å². The molecule has 2 aromatic rings. The van der Waals surface area contributed by atoms with Gasteiger partial charge in [-0.05, 0) is 30.7 Å². The van der Waals surface area contributed by atoms with Crippen LogP contribution in [0.15, 0.2) is 39.8 Å². The van der Waals surface area contributed by atoms with Crippen molar-refractivity contribution in [2.24, 2.45) is 10.9 Å². The Labute approximate surface area is 168 Å². The molecular weight excluding hydrogens is 350 g/mol. The number of guanidine groups is 1. The molecule has 0 spiro atoms. The van der Waals surface area contributed by atoms with Crippen molar-refractivity contribution in [3.63, 3.8) is 0 Å². The van der Waals surface area contributed by atoms with Gasteiger partial charge >= 0.3 is 0 Å². The second-order valence-electron chi connectivity index (χ2n) is 7.92. The van der Waals surface area contributed by atoms with E-state index in [0.717, 1.165) is 37.8 Å². The van der Waals surface area contributed by atoms with E-state index in [1.165, 1.54) is 5.56 Å². The second kappa shape index (κ2) is 9.71. The third-order valence-corrected chi connectivity index (χ3v) is 5.35. The molecule has 3 rings (SSSR count). The number of hydrogen-bond donors (Lipinski definition) is 1. The van der Waals surface area contributed by atoms with Gasteiger partial charge in [0.15, 0.2) is 11.8 Å². The standard InChI is InChI=1S/C22H33N5O/c1-5-23-22(24-13-11-20-25-21(16(2)3)26-28-20)27-14-12-19(17(4)15-27)18-9-7-6-8-10-18/h6-10,16-17,19H,5,11-15H2,1-4H3,(H,23,24). The minimum Gasteiger partial charge on any atom is -0.357 e. The molecule has 6 nitrogen and oxygen atoms in total. The molecule has 6 heteroatoms. The predicted molar refractivity (Wildman–Crippen MR) is 113 cm³/mol. The van der Waals surface area contributed by atoms with Crippen molar-refractivity contribution < 1.29 is 4.52 Å². The molecule has 1 aromatic carbocycles. The topological polar surface area (TPSA) is 66.5 Å². The summed E-state index contributed by atoms with van der Waals surface area (Å²) in [5.41, 5.74) is 1.45. The highest BCUT2D eigenvalue weighted by Crippen LogP contribution is 2.32. The fourth-order valence-corrected chi connectivity index (χ4v) is 3.82. The van der Waals surface area contributed by atoms with Gasteiger partial charge in [-0.1, -0.05) is 56.3 Å². The van der Waals surface area contributed by atoms with Crippen LogP contribution in [0.2, 0.25) is 0 Å². The lowest BCUT2D eigenvalue weighted by Gasteiger charge is -2.39. The first-order chi connectivity index (χ1) is 13.6. The van der Waals surface area contributed by atoms with Gasteiger partial charge in [0, 0.05) is 32.0 Å².